The predicted molar refractivity (Wildman–Crippen MR) is 85.8 cm³/mol. The molecule has 1 unspecified atom stereocenters. The van der Waals surface area contributed by atoms with E-state index in [0.29, 0.717) is 32.0 Å². The minimum Gasteiger partial charge on any atom is -0.377 e. The molecule has 4 rings (SSSR count). The number of halogens is 1. The number of morpholine rings is 1. The zero-order valence-corrected chi connectivity index (χ0v) is 13.3. The van der Waals surface area contributed by atoms with Crippen molar-refractivity contribution in [2.24, 2.45) is 5.92 Å². The summed E-state index contributed by atoms with van der Waals surface area (Å²) in [5, 5.41) is 0. The molecule has 0 N–H and O–H groups in total. The van der Waals surface area contributed by atoms with Crippen LogP contribution in [0.25, 0.3) is 0 Å². The molecule has 0 bridgehead atoms. The lowest BCUT2D eigenvalue weighted by Crippen LogP contribution is -2.63. The van der Waals surface area contributed by atoms with Gasteiger partial charge in [-0.15, -0.1) is 0 Å². The second-order valence-corrected chi connectivity index (χ2v) is 7.00. The Balaban J connectivity index is 1.47. The third-order valence-corrected chi connectivity index (χ3v) is 5.68. The summed E-state index contributed by atoms with van der Waals surface area (Å²) >= 11 is 0. The van der Waals surface area contributed by atoms with Gasteiger partial charge in [-0.3, -0.25) is 4.79 Å². The van der Waals surface area contributed by atoms with Gasteiger partial charge in [-0.25, -0.2) is 4.39 Å². The van der Waals surface area contributed by atoms with Crippen LogP contribution in [0, 0.1) is 11.7 Å². The summed E-state index contributed by atoms with van der Waals surface area (Å²) in [7, 11) is 0. The van der Waals surface area contributed by atoms with Gasteiger partial charge in [0.1, 0.15) is 5.82 Å². The number of amides is 1. The minimum absolute atomic E-state index is 0.0230. The maximum Gasteiger partial charge on any atom is 0.228 e. The number of carbonyl (C=O) groups is 1. The fraction of sp³-hybridized carbons (Fsp3) is 0.611. The quantitative estimate of drug-likeness (QED) is 0.840. The predicted octanol–water partition coefficient (Wildman–Crippen LogP) is 2.43. The van der Waals surface area contributed by atoms with Crippen LogP contribution in [0.5, 0.6) is 0 Å². The van der Waals surface area contributed by atoms with Gasteiger partial charge < -0.3 is 14.5 Å². The summed E-state index contributed by atoms with van der Waals surface area (Å²) in [5.74, 6) is 0.0134. The van der Waals surface area contributed by atoms with Crippen LogP contribution in [0.3, 0.4) is 0 Å². The van der Waals surface area contributed by atoms with Crippen molar-refractivity contribution in [2.75, 3.05) is 37.7 Å². The average molecular weight is 318 g/mol. The van der Waals surface area contributed by atoms with Gasteiger partial charge in [0.05, 0.1) is 30.4 Å². The Labute approximate surface area is 136 Å². The maximum absolute atomic E-state index is 14.0. The first-order valence-electron chi connectivity index (χ1n) is 8.58. The zero-order valence-electron chi connectivity index (χ0n) is 13.3. The SMILES string of the molecule is O=C(C1CCN(c2ccccc2F)C1)N1CCOCC12CCC2. The Morgan fingerprint density at radius 2 is 2.09 bits per heavy atom. The number of carbonyl (C=O) groups excluding carboxylic acids is 1. The number of nitrogens with zero attached hydrogens (tertiary/aromatic N) is 2. The fourth-order valence-electron chi connectivity index (χ4n) is 4.19. The van der Waals surface area contributed by atoms with Crippen LogP contribution >= 0.6 is 0 Å². The molecule has 23 heavy (non-hydrogen) atoms. The molecule has 2 heterocycles. The molecule has 0 radical (unpaired) electrons. The molecule has 2 saturated heterocycles. The topological polar surface area (TPSA) is 32.8 Å². The molecule has 3 fully saturated rings. The molecule has 3 aliphatic rings. The van der Waals surface area contributed by atoms with E-state index in [2.05, 4.69) is 4.90 Å². The van der Waals surface area contributed by atoms with Crippen molar-refractivity contribution < 1.29 is 13.9 Å². The number of hydrogen-bond acceptors (Lipinski definition) is 3. The number of anilines is 1. The summed E-state index contributed by atoms with van der Waals surface area (Å²) in [6.45, 7) is 3.39. The van der Waals surface area contributed by atoms with E-state index < -0.39 is 0 Å². The molecule has 2 aliphatic heterocycles. The maximum atomic E-state index is 14.0. The number of ether oxygens (including phenoxy) is 1. The largest absolute Gasteiger partial charge is 0.377 e. The molecule has 1 aromatic carbocycles. The van der Waals surface area contributed by atoms with E-state index in [9.17, 15) is 9.18 Å². The smallest absolute Gasteiger partial charge is 0.228 e. The third-order valence-electron chi connectivity index (χ3n) is 5.68. The van der Waals surface area contributed by atoms with Gasteiger partial charge in [-0.1, -0.05) is 12.1 Å². The van der Waals surface area contributed by atoms with Gasteiger partial charge in [-0.05, 0) is 37.8 Å². The highest BCUT2D eigenvalue weighted by molar-refractivity contribution is 5.81. The van der Waals surface area contributed by atoms with Crippen molar-refractivity contribution in [3.8, 4) is 0 Å². The normalized spacial score (nSPS) is 26.4. The average Bonchev–Trinajstić information content (AvgIpc) is 3.03. The number of benzene rings is 1. The van der Waals surface area contributed by atoms with Crippen LogP contribution in [-0.2, 0) is 9.53 Å². The first kappa shape index (κ1) is 14.9. The van der Waals surface area contributed by atoms with Crippen molar-refractivity contribution in [2.45, 2.75) is 31.2 Å². The van der Waals surface area contributed by atoms with Crippen LogP contribution in [0.4, 0.5) is 10.1 Å². The molecular formula is C18H23FN2O2. The van der Waals surface area contributed by atoms with Crippen LogP contribution in [0.15, 0.2) is 24.3 Å². The Morgan fingerprint density at radius 1 is 1.26 bits per heavy atom. The first-order chi connectivity index (χ1) is 11.2. The van der Waals surface area contributed by atoms with Crippen molar-refractivity contribution in [3.05, 3.63) is 30.1 Å². The van der Waals surface area contributed by atoms with Gasteiger partial charge >= 0.3 is 0 Å². The van der Waals surface area contributed by atoms with E-state index in [1.165, 1.54) is 12.5 Å². The Kier molecular flexibility index (Phi) is 3.76. The highest BCUT2D eigenvalue weighted by Gasteiger charge is 2.48. The highest BCUT2D eigenvalue weighted by atomic mass is 19.1. The summed E-state index contributed by atoms with van der Waals surface area (Å²) in [4.78, 5) is 17.1. The van der Waals surface area contributed by atoms with Gasteiger partial charge in [0.2, 0.25) is 5.91 Å². The van der Waals surface area contributed by atoms with E-state index in [-0.39, 0.29) is 23.2 Å². The highest BCUT2D eigenvalue weighted by Crippen LogP contribution is 2.41. The van der Waals surface area contributed by atoms with E-state index in [1.807, 2.05) is 11.0 Å². The van der Waals surface area contributed by atoms with Crippen LogP contribution < -0.4 is 4.90 Å². The third kappa shape index (κ3) is 2.51. The first-order valence-corrected chi connectivity index (χ1v) is 8.58. The molecule has 4 nitrogen and oxygen atoms in total. The monoisotopic (exact) mass is 318 g/mol. The summed E-state index contributed by atoms with van der Waals surface area (Å²) in [6, 6.07) is 6.82. The second kappa shape index (κ2) is 5.78. The zero-order chi connectivity index (χ0) is 15.9. The molecule has 5 heteroatoms. The van der Waals surface area contributed by atoms with Crippen molar-refractivity contribution in [3.63, 3.8) is 0 Å². The summed E-state index contributed by atoms with van der Waals surface area (Å²) < 4.78 is 19.6. The standard InChI is InChI=1S/C18H23FN2O2/c19-15-4-1-2-5-16(15)20-9-6-14(12-20)17(22)21-10-11-23-13-18(21)7-3-8-18/h1-2,4-5,14H,3,6-13H2. The minimum atomic E-state index is -0.206. The van der Waals surface area contributed by atoms with Gasteiger partial charge in [0.25, 0.3) is 0 Å². The van der Waals surface area contributed by atoms with Crippen LogP contribution in [-0.4, -0.2) is 49.2 Å². The molecular weight excluding hydrogens is 295 g/mol. The Morgan fingerprint density at radius 3 is 2.83 bits per heavy atom. The molecule has 124 valence electrons. The van der Waals surface area contributed by atoms with Crippen LogP contribution in [0.2, 0.25) is 0 Å². The van der Waals surface area contributed by atoms with Crippen LogP contribution in [0.1, 0.15) is 25.7 Å². The number of hydrogen-bond donors (Lipinski definition) is 0. The molecule has 1 amide bonds. The lowest BCUT2D eigenvalue weighted by Gasteiger charge is -2.53. The summed E-state index contributed by atoms with van der Waals surface area (Å²) in [6.07, 6.45) is 4.10. The van der Waals surface area contributed by atoms with Gasteiger partial charge in [0, 0.05) is 19.6 Å². The Hall–Kier alpha value is -1.62. The molecule has 1 spiro atoms. The summed E-state index contributed by atoms with van der Waals surface area (Å²) in [5.41, 5.74) is 0.573. The van der Waals surface area contributed by atoms with E-state index in [1.54, 1.807) is 12.1 Å². The number of rotatable bonds is 2. The molecule has 1 aliphatic carbocycles. The molecule has 1 saturated carbocycles. The lowest BCUT2D eigenvalue weighted by molar-refractivity contribution is -0.162. The van der Waals surface area contributed by atoms with Crippen molar-refractivity contribution in [1.82, 2.24) is 4.90 Å². The lowest BCUT2D eigenvalue weighted by atomic mass is 9.74. The van der Waals surface area contributed by atoms with Crippen molar-refractivity contribution in [1.29, 1.82) is 0 Å². The van der Waals surface area contributed by atoms with E-state index in [0.717, 1.165) is 25.8 Å². The van der Waals surface area contributed by atoms with E-state index >= 15 is 0 Å². The Bertz CT molecular complexity index is 602. The molecule has 1 aromatic rings. The second-order valence-electron chi connectivity index (χ2n) is 7.00. The van der Waals surface area contributed by atoms with Gasteiger partial charge in [-0.2, -0.15) is 0 Å². The van der Waals surface area contributed by atoms with E-state index in [4.69, 9.17) is 4.74 Å². The van der Waals surface area contributed by atoms with Crippen molar-refractivity contribution >= 4 is 11.6 Å². The fourth-order valence-corrected chi connectivity index (χ4v) is 4.19. The molecule has 1 atom stereocenters. The van der Waals surface area contributed by atoms with Gasteiger partial charge in [0.15, 0.2) is 0 Å². The molecule has 0 aromatic heterocycles. The number of para-hydroxylation sites is 1.